The predicted octanol–water partition coefficient (Wildman–Crippen LogP) is 1.69. The van der Waals surface area contributed by atoms with E-state index in [-0.39, 0.29) is 41.1 Å². The molecule has 0 bridgehead atoms. The normalized spacial score (nSPS) is 24.0. The molecule has 0 unspecified atom stereocenters. The van der Waals surface area contributed by atoms with E-state index < -0.39 is 10.0 Å². The van der Waals surface area contributed by atoms with Gasteiger partial charge in [0.05, 0.1) is 16.6 Å². The molecule has 0 aliphatic carbocycles. The van der Waals surface area contributed by atoms with Crippen molar-refractivity contribution in [1.29, 1.82) is 0 Å². The fourth-order valence-electron chi connectivity index (χ4n) is 3.35. The number of benzene rings is 1. The number of hydrogen-bond acceptors (Lipinski definition) is 5. The maximum absolute atomic E-state index is 13.0. The molecule has 26 heavy (non-hydrogen) atoms. The minimum atomic E-state index is -3.68. The Balaban J connectivity index is 1.55. The van der Waals surface area contributed by atoms with Crippen molar-refractivity contribution in [2.24, 2.45) is 0 Å². The second-order valence-electron chi connectivity index (χ2n) is 6.25. The van der Waals surface area contributed by atoms with Crippen LogP contribution in [0.2, 0.25) is 5.02 Å². The summed E-state index contributed by atoms with van der Waals surface area (Å²) in [4.78, 5) is 16.4. The molecule has 0 spiro atoms. The van der Waals surface area contributed by atoms with Gasteiger partial charge in [-0.1, -0.05) is 23.7 Å². The number of nitrogens with one attached hydrogen (secondary N) is 1. The first-order valence-electron chi connectivity index (χ1n) is 8.11. The van der Waals surface area contributed by atoms with Crippen LogP contribution in [0.5, 0.6) is 5.75 Å². The SMILES string of the molecule is O=C(N[C@H]1C[C@H]2COc3ccccc3S(=O)(=O)N2C1)c1ccncc1Cl. The van der Waals surface area contributed by atoms with Gasteiger partial charge in [-0.15, -0.1) is 0 Å². The standard InChI is InChI=1S/C17H16ClN3O4S/c18-14-8-19-6-5-13(14)17(22)20-11-7-12-10-25-15-3-1-2-4-16(15)26(23,24)21(12)9-11/h1-6,8,11-12H,7,9-10H2,(H,20,22)/t11-,12-/m0/s1. The highest BCUT2D eigenvalue weighted by molar-refractivity contribution is 7.89. The number of carbonyl (C=O) groups excluding carboxylic acids is 1. The first kappa shape index (κ1) is 17.3. The fourth-order valence-corrected chi connectivity index (χ4v) is 5.36. The average Bonchev–Trinajstić information content (AvgIpc) is 3.00. The van der Waals surface area contributed by atoms with Gasteiger partial charge in [-0.05, 0) is 24.6 Å². The van der Waals surface area contributed by atoms with Crippen LogP contribution in [0.4, 0.5) is 0 Å². The van der Waals surface area contributed by atoms with Crippen LogP contribution in [0.1, 0.15) is 16.8 Å². The number of ether oxygens (including phenoxy) is 1. The molecule has 3 heterocycles. The van der Waals surface area contributed by atoms with Gasteiger partial charge in [0.25, 0.3) is 5.91 Å². The zero-order valence-electron chi connectivity index (χ0n) is 13.6. The summed E-state index contributed by atoms with van der Waals surface area (Å²) in [5, 5.41) is 3.11. The molecule has 1 saturated heterocycles. The van der Waals surface area contributed by atoms with Crippen molar-refractivity contribution in [1.82, 2.24) is 14.6 Å². The zero-order valence-corrected chi connectivity index (χ0v) is 15.2. The first-order chi connectivity index (χ1) is 12.5. The van der Waals surface area contributed by atoms with Gasteiger partial charge in [-0.25, -0.2) is 8.42 Å². The lowest BCUT2D eigenvalue weighted by atomic mass is 10.1. The third kappa shape index (κ3) is 2.94. The fraction of sp³-hybridized carbons (Fsp3) is 0.294. The molecule has 0 radical (unpaired) electrons. The highest BCUT2D eigenvalue weighted by Crippen LogP contribution is 2.35. The second kappa shape index (κ2) is 6.53. The summed E-state index contributed by atoms with van der Waals surface area (Å²) >= 11 is 6.00. The van der Waals surface area contributed by atoms with Gasteiger partial charge in [-0.2, -0.15) is 4.31 Å². The lowest BCUT2D eigenvalue weighted by Crippen LogP contribution is -2.39. The number of rotatable bonds is 2. The average molecular weight is 394 g/mol. The molecule has 4 rings (SSSR count). The summed E-state index contributed by atoms with van der Waals surface area (Å²) in [6.45, 7) is 0.442. The van der Waals surface area contributed by atoms with E-state index in [0.717, 1.165) is 0 Å². The summed E-state index contributed by atoms with van der Waals surface area (Å²) in [5.41, 5.74) is 0.313. The van der Waals surface area contributed by atoms with Crippen molar-refractivity contribution in [3.8, 4) is 5.75 Å². The smallest absolute Gasteiger partial charge is 0.253 e. The van der Waals surface area contributed by atoms with Gasteiger partial charge in [0.2, 0.25) is 10.0 Å². The number of aromatic nitrogens is 1. The molecule has 1 fully saturated rings. The Kier molecular flexibility index (Phi) is 4.34. The third-order valence-corrected chi connectivity index (χ3v) is 6.84. The number of carbonyl (C=O) groups is 1. The Labute approximate surface area is 156 Å². The molecule has 9 heteroatoms. The topological polar surface area (TPSA) is 88.6 Å². The van der Waals surface area contributed by atoms with Gasteiger partial charge >= 0.3 is 0 Å². The molecule has 1 amide bonds. The molecule has 2 aromatic rings. The molecule has 136 valence electrons. The lowest BCUT2D eigenvalue weighted by molar-refractivity contribution is 0.0938. The van der Waals surface area contributed by atoms with Crippen molar-refractivity contribution < 1.29 is 17.9 Å². The van der Waals surface area contributed by atoms with Gasteiger partial charge in [0.1, 0.15) is 17.3 Å². The van der Waals surface area contributed by atoms with E-state index in [4.69, 9.17) is 16.3 Å². The summed E-state index contributed by atoms with van der Waals surface area (Å²) < 4.78 is 33.0. The Bertz CT molecular complexity index is 966. The number of hydrogen-bond donors (Lipinski definition) is 1. The van der Waals surface area contributed by atoms with Crippen LogP contribution >= 0.6 is 11.6 Å². The summed E-state index contributed by atoms with van der Waals surface area (Å²) in [6, 6.07) is 7.48. The molecule has 7 nitrogen and oxygen atoms in total. The van der Waals surface area contributed by atoms with E-state index >= 15 is 0 Å². The van der Waals surface area contributed by atoms with E-state index in [1.165, 1.54) is 28.8 Å². The molecule has 1 aromatic carbocycles. The first-order valence-corrected chi connectivity index (χ1v) is 9.92. The molecular formula is C17H16ClN3O4S. The molecular weight excluding hydrogens is 378 g/mol. The maximum atomic E-state index is 13.0. The van der Waals surface area contributed by atoms with E-state index in [0.29, 0.717) is 17.7 Å². The van der Waals surface area contributed by atoms with E-state index in [9.17, 15) is 13.2 Å². The highest BCUT2D eigenvalue weighted by atomic mass is 35.5. The zero-order chi connectivity index (χ0) is 18.3. The number of halogens is 1. The Hall–Kier alpha value is -2.16. The minimum Gasteiger partial charge on any atom is -0.490 e. The summed E-state index contributed by atoms with van der Waals surface area (Å²) in [7, 11) is -3.68. The van der Waals surface area contributed by atoms with Crippen LogP contribution in [0.15, 0.2) is 47.6 Å². The Morgan fingerprint density at radius 3 is 2.92 bits per heavy atom. The molecule has 1 aromatic heterocycles. The lowest BCUT2D eigenvalue weighted by Gasteiger charge is -2.19. The van der Waals surface area contributed by atoms with Gasteiger partial charge in [0.15, 0.2) is 0 Å². The quantitative estimate of drug-likeness (QED) is 0.838. The largest absolute Gasteiger partial charge is 0.490 e. The maximum Gasteiger partial charge on any atom is 0.253 e. The second-order valence-corrected chi connectivity index (χ2v) is 8.51. The number of para-hydroxylation sites is 1. The summed E-state index contributed by atoms with van der Waals surface area (Å²) in [5.74, 6) is 0.0184. The van der Waals surface area contributed by atoms with Crippen molar-refractivity contribution in [3.05, 3.63) is 53.3 Å². The van der Waals surface area contributed by atoms with Crippen LogP contribution < -0.4 is 10.1 Å². The summed E-state index contributed by atoms with van der Waals surface area (Å²) in [6.07, 6.45) is 3.35. The van der Waals surface area contributed by atoms with Crippen molar-refractivity contribution >= 4 is 27.5 Å². The Morgan fingerprint density at radius 2 is 2.12 bits per heavy atom. The number of pyridine rings is 1. The monoisotopic (exact) mass is 393 g/mol. The van der Waals surface area contributed by atoms with Crippen molar-refractivity contribution in [2.45, 2.75) is 23.4 Å². The van der Waals surface area contributed by atoms with Crippen LogP contribution in [-0.4, -0.2) is 48.8 Å². The van der Waals surface area contributed by atoms with E-state index in [1.807, 2.05) is 0 Å². The van der Waals surface area contributed by atoms with Crippen LogP contribution in [0, 0.1) is 0 Å². The van der Waals surface area contributed by atoms with E-state index in [1.54, 1.807) is 18.2 Å². The molecule has 1 N–H and O–H groups in total. The van der Waals surface area contributed by atoms with Crippen molar-refractivity contribution in [3.63, 3.8) is 0 Å². The van der Waals surface area contributed by atoms with Gasteiger partial charge in [-0.3, -0.25) is 9.78 Å². The van der Waals surface area contributed by atoms with Gasteiger partial charge in [0, 0.05) is 25.0 Å². The van der Waals surface area contributed by atoms with Crippen LogP contribution in [0.25, 0.3) is 0 Å². The number of amides is 1. The minimum absolute atomic E-state index is 0.159. The molecule has 2 aliphatic heterocycles. The predicted molar refractivity (Wildman–Crippen MR) is 94.7 cm³/mol. The van der Waals surface area contributed by atoms with Crippen LogP contribution in [0.3, 0.4) is 0 Å². The number of nitrogens with zero attached hydrogens (tertiary/aromatic N) is 2. The molecule has 0 saturated carbocycles. The molecule has 2 atom stereocenters. The van der Waals surface area contributed by atoms with Gasteiger partial charge < -0.3 is 10.1 Å². The van der Waals surface area contributed by atoms with Crippen LogP contribution in [-0.2, 0) is 10.0 Å². The Morgan fingerprint density at radius 1 is 1.31 bits per heavy atom. The number of sulfonamides is 1. The van der Waals surface area contributed by atoms with E-state index in [2.05, 4.69) is 10.3 Å². The third-order valence-electron chi connectivity index (χ3n) is 4.58. The molecule has 2 aliphatic rings. The number of fused-ring (bicyclic) bond motifs is 2. The van der Waals surface area contributed by atoms with Crippen molar-refractivity contribution in [2.75, 3.05) is 13.2 Å². The highest BCUT2D eigenvalue weighted by Gasteiger charge is 2.44.